The van der Waals surface area contributed by atoms with Crippen molar-refractivity contribution in [3.8, 4) is 0 Å². The molecule has 1 aliphatic heterocycles. The number of carbonyl (C=O) groups excluding carboxylic acids is 1. The average molecular weight is 322 g/mol. The number of ether oxygens (including phenoxy) is 1. The van der Waals surface area contributed by atoms with Crippen LogP contribution in [0.1, 0.15) is 17.4 Å². The summed E-state index contributed by atoms with van der Waals surface area (Å²) in [4.78, 5) is 26.8. The van der Waals surface area contributed by atoms with Gasteiger partial charge in [0.05, 0.1) is 24.1 Å². The molecule has 1 fully saturated rings. The Kier molecular flexibility index (Phi) is 4.13. The number of benzene rings is 1. The molecule has 0 atom stereocenters. The van der Waals surface area contributed by atoms with E-state index in [0.717, 1.165) is 0 Å². The topological polar surface area (TPSA) is 64.4 Å². The SMILES string of the molecule is CCn1nc(C(=O)N2CCOCC2)c(=O)c2cc(Cl)ccc21. The molecular formula is C15H16ClN3O3. The average Bonchev–Trinajstić information content (AvgIpc) is 2.56. The lowest BCUT2D eigenvalue weighted by molar-refractivity contribution is 0.0296. The van der Waals surface area contributed by atoms with Gasteiger partial charge in [0.15, 0.2) is 5.69 Å². The Bertz CT molecular complexity index is 781. The molecule has 3 rings (SSSR count). The first-order valence-electron chi connectivity index (χ1n) is 7.19. The number of carbonyl (C=O) groups is 1. The molecular weight excluding hydrogens is 306 g/mol. The smallest absolute Gasteiger partial charge is 0.278 e. The summed E-state index contributed by atoms with van der Waals surface area (Å²) in [6, 6.07) is 5.04. The maximum Gasteiger partial charge on any atom is 0.278 e. The molecule has 1 saturated heterocycles. The van der Waals surface area contributed by atoms with E-state index in [9.17, 15) is 9.59 Å². The number of halogens is 1. The molecule has 1 aromatic carbocycles. The summed E-state index contributed by atoms with van der Waals surface area (Å²) in [7, 11) is 0. The van der Waals surface area contributed by atoms with Crippen molar-refractivity contribution in [1.29, 1.82) is 0 Å². The fraction of sp³-hybridized carbons (Fsp3) is 0.400. The maximum absolute atomic E-state index is 12.6. The Labute approximate surface area is 132 Å². The van der Waals surface area contributed by atoms with E-state index >= 15 is 0 Å². The fourth-order valence-electron chi connectivity index (χ4n) is 2.56. The van der Waals surface area contributed by atoms with E-state index in [2.05, 4.69) is 5.10 Å². The highest BCUT2D eigenvalue weighted by Gasteiger charge is 2.24. The third-order valence-electron chi connectivity index (χ3n) is 3.72. The molecule has 7 heteroatoms. The third-order valence-corrected chi connectivity index (χ3v) is 3.95. The number of amides is 1. The van der Waals surface area contributed by atoms with E-state index in [4.69, 9.17) is 16.3 Å². The molecule has 2 heterocycles. The summed E-state index contributed by atoms with van der Waals surface area (Å²) in [5.41, 5.74) is 0.243. The number of aryl methyl sites for hydroxylation is 1. The van der Waals surface area contributed by atoms with Crippen LogP contribution < -0.4 is 5.43 Å². The number of hydrogen-bond acceptors (Lipinski definition) is 4. The Hall–Kier alpha value is -1.92. The number of fused-ring (bicyclic) bond motifs is 1. The van der Waals surface area contributed by atoms with Crippen molar-refractivity contribution in [2.75, 3.05) is 26.3 Å². The first kappa shape index (κ1) is 15.0. The molecule has 22 heavy (non-hydrogen) atoms. The molecule has 1 aromatic heterocycles. The van der Waals surface area contributed by atoms with Crippen LogP contribution in [0, 0.1) is 0 Å². The lowest BCUT2D eigenvalue weighted by Crippen LogP contribution is -2.43. The standard InChI is InChI=1S/C15H16ClN3O3/c1-2-19-12-4-3-10(16)9-11(12)14(20)13(17-19)15(21)18-5-7-22-8-6-18/h3-4,9H,2,5-8H2,1H3. The van der Waals surface area contributed by atoms with Gasteiger partial charge in [0, 0.05) is 24.7 Å². The minimum atomic E-state index is -0.376. The molecule has 0 bridgehead atoms. The van der Waals surface area contributed by atoms with E-state index < -0.39 is 0 Å². The molecule has 0 N–H and O–H groups in total. The van der Waals surface area contributed by atoms with Crippen LogP contribution in [0.3, 0.4) is 0 Å². The zero-order valence-electron chi connectivity index (χ0n) is 12.2. The van der Waals surface area contributed by atoms with Crippen LogP contribution in [0.2, 0.25) is 5.02 Å². The molecule has 0 radical (unpaired) electrons. The van der Waals surface area contributed by atoms with Gasteiger partial charge in [-0.3, -0.25) is 14.3 Å². The summed E-state index contributed by atoms with van der Waals surface area (Å²) >= 11 is 5.99. The van der Waals surface area contributed by atoms with Crippen molar-refractivity contribution in [2.45, 2.75) is 13.5 Å². The molecule has 2 aromatic rings. The van der Waals surface area contributed by atoms with Gasteiger partial charge in [-0.2, -0.15) is 5.10 Å². The number of aromatic nitrogens is 2. The van der Waals surface area contributed by atoms with Crippen LogP contribution in [0.4, 0.5) is 0 Å². The van der Waals surface area contributed by atoms with E-state index in [-0.39, 0.29) is 17.0 Å². The van der Waals surface area contributed by atoms with Gasteiger partial charge in [0.1, 0.15) is 0 Å². The molecule has 0 unspecified atom stereocenters. The normalized spacial score (nSPS) is 15.3. The predicted octanol–water partition coefficient (Wildman–Crippen LogP) is 1.54. The van der Waals surface area contributed by atoms with Crippen molar-refractivity contribution in [3.63, 3.8) is 0 Å². The molecule has 0 aliphatic carbocycles. The Morgan fingerprint density at radius 2 is 2.09 bits per heavy atom. The van der Waals surface area contributed by atoms with Gasteiger partial charge in [0.25, 0.3) is 5.91 Å². The number of nitrogens with zero attached hydrogens (tertiary/aromatic N) is 3. The highest BCUT2D eigenvalue weighted by molar-refractivity contribution is 6.31. The quantitative estimate of drug-likeness (QED) is 0.841. The predicted molar refractivity (Wildman–Crippen MR) is 83.4 cm³/mol. The zero-order chi connectivity index (χ0) is 15.7. The molecule has 0 spiro atoms. The zero-order valence-corrected chi connectivity index (χ0v) is 13.0. The van der Waals surface area contributed by atoms with E-state index in [1.54, 1.807) is 27.8 Å². The van der Waals surface area contributed by atoms with Crippen LogP contribution in [0.15, 0.2) is 23.0 Å². The van der Waals surface area contributed by atoms with E-state index in [1.807, 2.05) is 6.92 Å². The Morgan fingerprint density at radius 1 is 1.36 bits per heavy atom. The van der Waals surface area contributed by atoms with Crippen molar-refractivity contribution < 1.29 is 9.53 Å². The van der Waals surface area contributed by atoms with Crippen LogP contribution in [-0.2, 0) is 11.3 Å². The number of morpholine rings is 1. The van der Waals surface area contributed by atoms with E-state index in [0.29, 0.717) is 48.8 Å². The van der Waals surface area contributed by atoms with Crippen LogP contribution in [0.5, 0.6) is 0 Å². The van der Waals surface area contributed by atoms with Crippen LogP contribution in [0.25, 0.3) is 10.9 Å². The van der Waals surface area contributed by atoms with Crippen LogP contribution >= 0.6 is 11.6 Å². The second-order valence-electron chi connectivity index (χ2n) is 5.06. The van der Waals surface area contributed by atoms with Gasteiger partial charge in [-0.05, 0) is 25.1 Å². The first-order valence-corrected chi connectivity index (χ1v) is 7.57. The van der Waals surface area contributed by atoms with Gasteiger partial charge in [-0.15, -0.1) is 0 Å². The summed E-state index contributed by atoms with van der Waals surface area (Å²) in [6.45, 7) is 4.37. The Morgan fingerprint density at radius 3 is 2.77 bits per heavy atom. The van der Waals surface area contributed by atoms with Crippen LogP contribution in [-0.4, -0.2) is 46.9 Å². The van der Waals surface area contributed by atoms with Crippen molar-refractivity contribution in [1.82, 2.24) is 14.7 Å². The van der Waals surface area contributed by atoms with Crippen molar-refractivity contribution >= 4 is 28.4 Å². The minimum Gasteiger partial charge on any atom is -0.378 e. The molecule has 6 nitrogen and oxygen atoms in total. The fourth-order valence-corrected chi connectivity index (χ4v) is 2.73. The van der Waals surface area contributed by atoms with Gasteiger partial charge in [-0.1, -0.05) is 11.6 Å². The second-order valence-corrected chi connectivity index (χ2v) is 5.50. The lowest BCUT2D eigenvalue weighted by atomic mass is 10.2. The molecule has 1 amide bonds. The summed E-state index contributed by atoms with van der Waals surface area (Å²) in [6.07, 6.45) is 0. The van der Waals surface area contributed by atoms with Gasteiger partial charge < -0.3 is 9.64 Å². The first-order chi connectivity index (χ1) is 10.6. The van der Waals surface area contributed by atoms with Gasteiger partial charge in [0.2, 0.25) is 5.43 Å². The summed E-state index contributed by atoms with van der Waals surface area (Å²) in [5, 5.41) is 5.13. The Balaban J connectivity index is 2.15. The molecule has 116 valence electrons. The van der Waals surface area contributed by atoms with Crippen molar-refractivity contribution in [2.24, 2.45) is 0 Å². The van der Waals surface area contributed by atoms with Crippen molar-refractivity contribution in [3.05, 3.63) is 39.1 Å². The second kappa shape index (κ2) is 6.06. The number of hydrogen-bond donors (Lipinski definition) is 0. The highest BCUT2D eigenvalue weighted by Crippen LogP contribution is 2.17. The number of rotatable bonds is 2. The maximum atomic E-state index is 12.6. The minimum absolute atomic E-state index is 0.0569. The van der Waals surface area contributed by atoms with E-state index in [1.165, 1.54) is 0 Å². The molecule has 1 aliphatic rings. The van der Waals surface area contributed by atoms with Gasteiger partial charge >= 0.3 is 0 Å². The summed E-state index contributed by atoms with van der Waals surface area (Å²) < 4.78 is 6.89. The largest absolute Gasteiger partial charge is 0.378 e. The highest BCUT2D eigenvalue weighted by atomic mass is 35.5. The summed E-state index contributed by atoms with van der Waals surface area (Å²) in [5.74, 6) is -0.350. The monoisotopic (exact) mass is 321 g/mol. The lowest BCUT2D eigenvalue weighted by Gasteiger charge is -2.26. The molecule has 0 saturated carbocycles. The van der Waals surface area contributed by atoms with Gasteiger partial charge in [-0.25, -0.2) is 0 Å². The third kappa shape index (κ3) is 2.60.